The number of carbonyl (C=O) groups is 1. The van der Waals surface area contributed by atoms with Crippen molar-refractivity contribution < 1.29 is 13.2 Å². The van der Waals surface area contributed by atoms with Gasteiger partial charge in [0, 0.05) is 18.7 Å². The Morgan fingerprint density at radius 2 is 1.81 bits per heavy atom. The molecule has 0 atom stereocenters. The van der Waals surface area contributed by atoms with Gasteiger partial charge in [0.1, 0.15) is 0 Å². The Morgan fingerprint density at radius 3 is 2.48 bits per heavy atom. The summed E-state index contributed by atoms with van der Waals surface area (Å²) in [5.74, 6) is 0.585. The normalized spacial score (nSPS) is 12.6. The van der Waals surface area contributed by atoms with Gasteiger partial charge >= 0.3 is 0 Å². The molecule has 0 saturated heterocycles. The lowest BCUT2D eigenvalue weighted by Crippen LogP contribution is -2.18. The van der Waals surface area contributed by atoms with Crippen LogP contribution >= 0.6 is 23.1 Å². The Kier molecular flexibility index (Phi) is 7.78. The second-order valence-corrected chi connectivity index (χ2v) is 11.8. The molecule has 0 fully saturated rings. The number of hydrogen-bond donors (Lipinski definition) is 0. The summed E-state index contributed by atoms with van der Waals surface area (Å²) in [5.41, 5.74) is 4.47. The zero-order chi connectivity index (χ0) is 22.6. The highest BCUT2D eigenvalue weighted by molar-refractivity contribution is 7.98. The molecule has 5 nitrogen and oxygen atoms in total. The molecule has 0 N–H and O–H groups in total. The van der Waals surface area contributed by atoms with E-state index < -0.39 is 9.84 Å². The highest BCUT2D eigenvalue weighted by atomic mass is 32.2. The van der Waals surface area contributed by atoms with Gasteiger partial charge in [0.2, 0.25) is 5.91 Å². The molecule has 166 valence electrons. The molecule has 8 heteroatoms. The van der Waals surface area contributed by atoms with Crippen molar-refractivity contribution in [3.8, 4) is 0 Å². The number of nitrogens with zero attached hydrogens (tertiary/aromatic N) is 2. The van der Waals surface area contributed by atoms with Crippen molar-refractivity contribution in [2.75, 3.05) is 17.8 Å². The molecular weight excluding hydrogens is 448 g/mol. The summed E-state index contributed by atoms with van der Waals surface area (Å²) in [7, 11) is -3.40. The van der Waals surface area contributed by atoms with E-state index in [9.17, 15) is 13.2 Å². The van der Waals surface area contributed by atoms with E-state index in [0.717, 1.165) is 28.1 Å². The van der Waals surface area contributed by atoms with Crippen molar-refractivity contribution in [3.63, 3.8) is 0 Å². The van der Waals surface area contributed by atoms with Gasteiger partial charge in [0.25, 0.3) is 0 Å². The van der Waals surface area contributed by atoms with Gasteiger partial charge in [-0.15, -0.1) is 0 Å². The molecule has 1 aromatic heterocycles. The lowest BCUT2D eigenvalue weighted by molar-refractivity contribution is -0.118. The molecule has 0 unspecified atom stereocenters. The largest absolute Gasteiger partial charge is 0.315 e. The molecular formula is C23H28N2O3S3. The number of benzene rings is 2. The van der Waals surface area contributed by atoms with E-state index in [-0.39, 0.29) is 24.5 Å². The van der Waals surface area contributed by atoms with Crippen LogP contribution in [-0.2, 0) is 21.2 Å². The van der Waals surface area contributed by atoms with Crippen LogP contribution in [0.4, 0.5) is 0 Å². The third-order valence-electron chi connectivity index (χ3n) is 5.04. The minimum atomic E-state index is -3.40. The van der Waals surface area contributed by atoms with E-state index in [2.05, 4.69) is 41.8 Å². The molecule has 1 heterocycles. The van der Waals surface area contributed by atoms with E-state index in [1.165, 1.54) is 22.5 Å². The first-order valence-corrected chi connectivity index (χ1v) is 14.0. The third-order valence-corrected chi connectivity index (χ3v) is 8.67. The van der Waals surface area contributed by atoms with Gasteiger partial charge in [-0.05, 0) is 62.8 Å². The van der Waals surface area contributed by atoms with Crippen LogP contribution in [0.25, 0.3) is 10.2 Å². The first-order chi connectivity index (χ1) is 14.7. The van der Waals surface area contributed by atoms with Crippen molar-refractivity contribution in [2.45, 2.75) is 45.1 Å². The molecule has 31 heavy (non-hydrogen) atoms. The van der Waals surface area contributed by atoms with E-state index >= 15 is 0 Å². The molecule has 0 bridgehead atoms. The summed E-state index contributed by atoms with van der Waals surface area (Å²) in [5, 5.41) is 0. The monoisotopic (exact) mass is 476 g/mol. The maximum absolute atomic E-state index is 12.6. The molecule has 0 aliphatic carbocycles. The van der Waals surface area contributed by atoms with E-state index in [0.29, 0.717) is 9.70 Å². The first-order valence-electron chi connectivity index (χ1n) is 10.2. The van der Waals surface area contributed by atoms with Crippen LogP contribution in [0.2, 0.25) is 0 Å². The zero-order valence-electron chi connectivity index (χ0n) is 18.3. The van der Waals surface area contributed by atoms with Crippen LogP contribution in [-0.4, -0.2) is 36.7 Å². The quantitative estimate of drug-likeness (QED) is 0.474. The van der Waals surface area contributed by atoms with Crippen LogP contribution in [0, 0.1) is 20.8 Å². The number of rotatable bonds is 8. The Morgan fingerprint density at radius 1 is 1.10 bits per heavy atom. The lowest BCUT2D eigenvalue weighted by Gasteiger charge is -2.06. The summed E-state index contributed by atoms with van der Waals surface area (Å²) < 4.78 is 28.2. The second kappa shape index (κ2) is 10.1. The molecule has 1 amide bonds. The van der Waals surface area contributed by atoms with Gasteiger partial charge in [-0.25, -0.2) is 8.42 Å². The van der Waals surface area contributed by atoms with Gasteiger partial charge in [-0.3, -0.25) is 4.79 Å². The molecule has 2 aromatic carbocycles. The predicted molar refractivity (Wildman–Crippen MR) is 131 cm³/mol. The predicted octanol–water partition coefficient (Wildman–Crippen LogP) is 4.67. The number of thiazole rings is 1. The molecule has 0 aliphatic rings. The summed E-state index contributed by atoms with van der Waals surface area (Å²) in [4.78, 5) is 17.9. The standard InChI is InChI=1S/C23H28N2O3S3/c1-16-7-9-19(10-8-16)31(27,28)13-5-6-21(26)24-23-25(11-12-29-4)20-15-17(2)14-18(3)22(20)30-23/h7-10,14-15H,5-6,11-13H2,1-4H3. The van der Waals surface area contributed by atoms with Crippen molar-refractivity contribution in [2.24, 2.45) is 4.99 Å². The number of sulfone groups is 1. The maximum Gasteiger partial charge on any atom is 0.248 e. The summed E-state index contributed by atoms with van der Waals surface area (Å²) >= 11 is 3.27. The van der Waals surface area contributed by atoms with Gasteiger partial charge in [0.15, 0.2) is 14.6 Å². The van der Waals surface area contributed by atoms with Gasteiger partial charge in [-0.2, -0.15) is 16.8 Å². The smallest absolute Gasteiger partial charge is 0.248 e. The van der Waals surface area contributed by atoms with Crippen molar-refractivity contribution >= 4 is 49.1 Å². The third kappa shape index (κ3) is 5.87. The summed E-state index contributed by atoms with van der Waals surface area (Å²) in [6, 6.07) is 11.1. The number of hydrogen-bond acceptors (Lipinski definition) is 5. The van der Waals surface area contributed by atoms with E-state index in [1.807, 2.05) is 6.92 Å². The number of carbonyl (C=O) groups excluding carboxylic acids is 1. The minimum Gasteiger partial charge on any atom is -0.315 e. The SMILES string of the molecule is CSCCn1c(=NC(=O)CCCS(=O)(=O)c2ccc(C)cc2)sc2c(C)cc(C)cc21. The fourth-order valence-corrected chi connectivity index (χ4v) is 6.24. The number of aromatic nitrogens is 1. The first kappa shape index (κ1) is 23.8. The molecule has 3 rings (SSSR count). The van der Waals surface area contributed by atoms with Crippen LogP contribution in [0.5, 0.6) is 0 Å². The van der Waals surface area contributed by atoms with Crippen LogP contribution in [0.3, 0.4) is 0 Å². The Balaban J connectivity index is 1.78. The fourth-order valence-electron chi connectivity index (χ4n) is 3.44. The molecule has 0 saturated carbocycles. The maximum atomic E-state index is 12.6. The van der Waals surface area contributed by atoms with E-state index in [4.69, 9.17) is 0 Å². The summed E-state index contributed by atoms with van der Waals surface area (Å²) in [6.07, 6.45) is 2.42. The Labute approximate surface area is 192 Å². The van der Waals surface area contributed by atoms with Gasteiger partial charge < -0.3 is 4.57 Å². The average Bonchev–Trinajstić information content (AvgIpc) is 3.03. The van der Waals surface area contributed by atoms with Crippen molar-refractivity contribution in [1.82, 2.24) is 4.57 Å². The number of amides is 1. The summed E-state index contributed by atoms with van der Waals surface area (Å²) in [6.45, 7) is 6.84. The molecule has 0 spiro atoms. The fraction of sp³-hybridized carbons (Fsp3) is 0.391. The zero-order valence-corrected chi connectivity index (χ0v) is 20.8. The Hall–Kier alpha value is -1.90. The highest BCUT2D eigenvalue weighted by Crippen LogP contribution is 2.24. The topological polar surface area (TPSA) is 68.5 Å². The molecule has 0 radical (unpaired) electrons. The number of thioether (sulfide) groups is 1. The average molecular weight is 477 g/mol. The van der Waals surface area contributed by atoms with Gasteiger partial charge in [-0.1, -0.05) is 35.1 Å². The minimum absolute atomic E-state index is 0.0610. The van der Waals surface area contributed by atoms with E-state index in [1.54, 1.807) is 36.0 Å². The Bertz CT molecular complexity index is 1250. The van der Waals surface area contributed by atoms with Crippen LogP contribution in [0.15, 0.2) is 46.3 Å². The highest BCUT2D eigenvalue weighted by Gasteiger charge is 2.15. The van der Waals surface area contributed by atoms with Crippen molar-refractivity contribution in [1.29, 1.82) is 0 Å². The molecule has 3 aromatic rings. The van der Waals surface area contributed by atoms with Gasteiger partial charge in [0.05, 0.1) is 20.9 Å². The number of fused-ring (bicyclic) bond motifs is 1. The van der Waals surface area contributed by atoms with Crippen LogP contribution < -0.4 is 4.80 Å². The molecule has 0 aliphatic heterocycles. The van der Waals surface area contributed by atoms with Crippen LogP contribution in [0.1, 0.15) is 29.5 Å². The van der Waals surface area contributed by atoms with Crippen molar-refractivity contribution in [3.05, 3.63) is 57.9 Å². The number of aryl methyl sites for hydroxylation is 4. The second-order valence-electron chi connectivity index (χ2n) is 7.70. The lowest BCUT2D eigenvalue weighted by atomic mass is 10.1.